The van der Waals surface area contributed by atoms with E-state index in [2.05, 4.69) is 159 Å². The van der Waals surface area contributed by atoms with Gasteiger partial charge in [-0.05, 0) is 110 Å². The number of hydrogen-bond donors (Lipinski definition) is 3. The van der Waals surface area contributed by atoms with Crippen molar-refractivity contribution in [3.8, 4) is 12.1 Å². The molecule has 14 nitrogen and oxygen atoms in total. The first-order valence-electron chi connectivity index (χ1n) is 29.7. The number of aromatic nitrogens is 6. The highest BCUT2D eigenvalue weighted by Gasteiger charge is 2.35. The van der Waals surface area contributed by atoms with Gasteiger partial charge in [0.2, 0.25) is 11.8 Å². The molecule has 3 aromatic heterocycles. The predicted octanol–water partition coefficient (Wildman–Crippen LogP) is 12.6. The van der Waals surface area contributed by atoms with E-state index >= 15 is 0 Å². The van der Waals surface area contributed by atoms with Gasteiger partial charge < -0.3 is 24.8 Å². The number of rotatable bonds is 28. The number of H-pyrrole nitrogens is 1. The lowest BCUT2D eigenvalue weighted by atomic mass is 9.85. The van der Waals surface area contributed by atoms with Crippen molar-refractivity contribution in [3.05, 3.63) is 256 Å². The number of nitriles is 2. The third-order valence-corrected chi connectivity index (χ3v) is 17.0. The molecule has 0 aliphatic rings. The normalized spacial score (nSPS) is 13.3. The van der Waals surface area contributed by atoms with Crippen molar-refractivity contribution in [3.63, 3.8) is 0 Å². The number of benzene rings is 7. The zero-order valence-electron chi connectivity index (χ0n) is 49.1. The van der Waals surface area contributed by atoms with Crippen LogP contribution in [-0.4, -0.2) is 75.4 Å². The van der Waals surface area contributed by atoms with Crippen LogP contribution in [0.15, 0.2) is 195 Å². The van der Waals surface area contributed by atoms with E-state index in [4.69, 9.17) is 16.6 Å². The summed E-state index contributed by atoms with van der Waals surface area (Å²) in [5, 5.41) is 31.4. The molecule has 0 spiro atoms. The van der Waals surface area contributed by atoms with Crippen LogP contribution < -0.4 is 10.6 Å². The van der Waals surface area contributed by atoms with Gasteiger partial charge in [-0.25, -0.2) is 15.0 Å². The van der Waals surface area contributed by atoms with E-state index in [-0.39, 0.29) is 54.6 Å². The highest BCUT2D eigenvalue weighted by molar-refractivity contribution is 6.30. The lowest BCUT2D eigenvalue weighted by Gasteiger charge is -2.41. The van der Waals surface area contributed by atoms with Gasteiger partial charge in [0.25, 0.3) is 0 Å². The molecule has 436 valence electrons. The van der Waals surface area contributed by atoms with Crippen molar-refractivity contribution in [1.29, 1.82) is 10.5 Å². The molecule has 86 heavy (non-hydrogen) atoms. The molecule has 0 fully saturated rings. The average molecular weight is 1160 g/mol. The highest BCUT2D eigenvalue weighted by atomic mass is 35.5. The van der Waals surface area contributed by atoms with Crippen LogP contribution in [0, 0.1) is 34.5 Å². The van der Waals surface area contributed by atoms with Crippen molar-refractivity contribution in [2.45, 2.75) is 110 Å². The van der Waals surface area contributed by atoms with Crippen LogP contribution in [0.25, 0.3) is 21.5 Å². The fourth-order valence-electron chi connectivity index (χ4n) is 11.9. The first kappa shape index (κ1) is 60.0. The Balaban J connectivity index is 0.998. The molecule has 10 aromatic rings. The third-order valence-electron chi connectivity index (χ3n) is 16.8. The zero-order valence-corrected chi connectivity index (χ0v) is 49.8. The predicted molar refractivity (Wildman–Crippen MR) is 339 cm³/mol. The molecular weight excluding hydrogens is 1090 g/mol. The van der Waals surface area contributed by atoms with E-state index in [1.165, 1.54) is 21.9 Å². The fourth-order valence-corrected chi connectivity index (χ4v) is 12.1. The molecule has 0 aliphatic heterocycles. The van der Waals surface area contributed by atoms with Gasteiger partial charge in [-0.2, -0.15) is 10.5 Å². The molecule has 0 saturated carbocycles. The molecule has 0 radical (unpaired) electrons. The van der Waals surface area contributed by atoms with Crippen molar-refractivity contribution >= 4 is 45.0 Å². The Morgan fingerprint density at radius 3 is 1.74 bits per heavy atom. The maximum atomic E-state index is 14.9. The molecule has 7 aromatic carbocycles. The summed E-state index contributed by atoms with van der Waals surface area (Å²) in [5.74, 6) is 0.570. The maximum Gasteiger partial charge on any atom is 0.226 e. The maximum absolute atomic E-state index is 14.9. The largest absolute Gasteiger partial charge is 0.351 e. The molecule has 0 aliphatic carbocycles. The highest BCUT2D eigenvalue weighted by Crippen LogP contribution is 2.31. The Bertz CT molecular complexity index is 3920. The molecular formula is C71H73ClN12O2. The average Bonchev–Trinajstić information content (AvgIpc) is 3.12. The van der Waals surface area contributed by atoms with Gasteiger partial charge in [0.15, 0.2) is 0 Å². The van der Waals surface area contributed by atoms with E-state index in [1.54, 1.807) is 43.4 Å². The van der Waals surface area contributed by atoms with E-state index in [1.807, 2.05) is 69.9 Å². The van der Waals surface area contributed by atoms with Gasteiger partial charge in [0, 0.05) is 98.6 Å². The van der Waals surface area contributed by atoms with Crippen LogP contribution in [0.2, 0.25) is 5.02 Å². The number of hydrogen-bond acceptors (Lipinski definition) is 9. The van der Waals surface area contributed by atoms with Crippen LogP contribution >= 0.6 is 11.6 Å². The molecule has 10 rings (SSSR count). The van der Waals surface area contributed by atoms with Gasteiger partial charge >= 0.3 is 0 Å². The second-order valence-corrected chi connectivity index (χ2v) is 23.2. The van der Waals surface area contributed by atoms with Crippen molar-refractivity contribution in [1.82, 2.24) is 49.5 Å². The smallest absolute Gasteiger partial charge is 0.226 e. The quantitative estimate of drug-likeness (QED) is 0.0431. The molecule has 3 heterocycles. The molecule has 5 atom stereocenters. The van der Waals surface area contributed by atoms with E-state index in [9.17, 15) is 20.1 Å². The molecule has 3 N–H and O–H groups in total. The Labute approximate surface area is 509 Å². The van der Waals surface area contributed by atoms with Gasteiger partial charge in [-0.15, -0.1) is 0 Å². The van der Waals surface area contributed by atoms with E-state index < -0.39 is 0 Å². The number of amides is 2. The Hall–Kier alpha value is -9.18. The minimum Gasteiger partial charge on any atom is -0.351 e. The molecule has 15 heteroatoms. The number of nitrogens with zero attached hydrogens (tertiary/aromatic N) is 9. The number of carbonyl (C=O) groups excluding carboxylic acids is 2. The monoisotopic (exact) mass is 1160 g/mol. The third kappa shape index (κ3) is 15.8. The van der Waals surface area contributed by atoms with Crippen molar-refractivity contribution < 1.29 is 9.59 Å². The molecule has 5 unspecified atom stereocenters. The van der Waals surface area contributed by atoms with Crippen LogP contribution in [0.1, 0.15) is 96.2 Å². The van der Waals surface area contributed by atoms with E-state index in [0.717, 1.165) is 51.1 Å². The van der Waals surface area contributed by atoms with Crippen molar-refractivity contribution in [2.24, 2.45) is 11.8 Å². The Kier molecular flexibility index (Phi) is 20.3. The first-order chi connectivity index (χ1) is 42.0. The SMILES string of the molecule is CCC(C)C(NC(=O)Cc1cncn1Cc1ccc(C#N)cc1)C(CCC(C)C(CN(Cc1ncc[nH]1)Cc1cccc2ccccc12)NC(=O)Cc1cncn1Cc1ccc(C#N)cc1)N(Cc1cccc(Cl)c1)Cc1cccc2ccccc12. The Morgan fingerprint density at radius 1 is 0.628 bits per heavy atom. The van der Waals surface area contributed by atoms with Gasteiger partial charge in [0.1, 0.15) is 5.82 Å². The van der Waals surface area contributed by atoms with Gasteiger partial charge in [0.05, 0.1) is 55.3 Å². The summed E-state index contributed by atoms with van der Waals surface area (Å²) >= 11 is 6.79. The molecule has 2 amide bonds. The summed E-state index contributed by atoms with van der Waals surface area (Å²) in [6, 6.07) is 56.5. The second kappa shape index (κ2) is 29.1. The van der Waals surface area contributed by atoms with Crippen LogP contribution in [-0.2, 0) is 61.7 Å². The lowest BCUT2D eigenvalue weighted by Crippen LogP contribution is -2.55. The van der Waals surface area contributed by atoms with Crippen LogP contribution in [0.3, 0.4) is 0 Å². The minimum atomic E-state index is -0.338. The van der Waals surface area contributed by atoms with Gasteiger partial charge in [-0.1, -0.05) is 160 Å². The Morgan fingerprint density at radius 2 is 1.19 bits per heavy atom. The summed E-state index contributed by atoms with van der Waals surface area (Å²) < 4.78 is 3.99. The minimum absolute atomic E-state index is 0.0475. The number of nitrogens with one attached hydrogen (secondary N) is 3. The lowest BCUT2D eigenvalue weighted by molar-refractivity contribution is -0.123. The number of aromatic amines is 1. The summed E-state index contributed by atoms with van der Waals surface area (Å²) in [5.41, 5.74) is 8.13. The van der Waals surface area contributed by atoms with E-state index in [0.29, 0.717) is 74.8 Å². The summed E-state index contributed by atoms with van der Waals surface area (Å²) in [4.78, 5) is 51.7. The number of imidazole rings is 3. The topological polar surface area (TPSA) is 177 Å². The second-order valence-electron chi connectivity index (χ2n) is 22.8. The zero-order chi connectivity index (χ0) is 59.8. The van der Waals surface area contributed by atoms with Crippen LogP contribution in [0.5, 0.6) is 0 Å². The summed E-state index contributed by atoms with van der Waals surface area (Å²) in [6.45, 7) is 10.5. The number of carbonyl (C=O) groups is 2. The van der Waals surface area contributed by atoms with Gasteiger partial charge in [-0.3, -0.25) is 19.4 Å². The summed E-state index contributed by atoms with van der Waals surface area (Å²) in [7, 11) is 0. The summed E-state index contributed by atoms with van der Waals surface area (Å²) in [6.07, 6.45) is 13.1. The number of fused-ring (bicyclic) bond motifs is 2. The molecule has 0 bridgehead atoms. The first-order valence-corrected chi connectivity index (χ1v) is 30.0. The van der Waals surface area contributed by atoms with Crippen LogP contribution in [0.4, 0.5) is 0 Å². The standard InChI is InChI=1S/C71H73ClN12O2/c1-4-50(2)71(80-70(86)36-63-40-76-49-84(63)42-55-29-25-53(38-74)26-30-55)67(82(43-56-12-9-19-61(72)34-56)45-60-18-11-16-58-14-6-8-21-65(58)60)31-22-51(3)66(79-69(85)35-62-39-75-48-83(62)41-54-27-23-52(37-73)24-28-54)46-81(47-68-77-32-33-78-68)44-59-17-10-15-57-13-5-7-20-64(57)59/h5-21,23-30,32-34,39-40,48-51,66-67,71H,4,22,31,35-36,41-47H2,1-3H3,(H,77,78)(H,79,85)(H,80,86). The number of halogens is 1. The molecule has 0 saturated heterocycles. The fraction of sp³-hybridized carbons (Fsp3) is 0.282. The van der Waals surface area contributed by atoms with Crippen molar-refractivity contribution in [2.75, 3.05) is 6.54 Å².